The van der Waals surface area contributed by atoms with Gasteiger partial charge in [-0.15, -0.1) is 0 Å². The summed E-state index contributed by atoms with van der Waals surface area (Å²) in [7, 11) is 1.47. The first-order valence-corrected chi connectivity index (χ1v) is 7.93. The molecular weight excluding hydrogens is 337 g/mol. The van der Waals surface area contributed by atoms with Crippen LogP contribution >= 0.6 is 0 Å². The summed E-state index contributed by atoms with van der Waals surface area (Å²) in [5, 5.41) is 17.0. The Bertz CT molecular complexity index is 953. The number of benzene rings is 2. The van der Waals surface area contributed by atoms with Crippen molar-refractivity contribution in [3.05, 3.63) is 71.2 Å². The third kappa shape index (κ3) is 3.51. The molecule has 0 atom stereocenters. The zero-order chi connectivity index (χ0) is 18.7. The third-order valence-corrected chi connectivity index (χ3v) is 3.98. The first-order chi connectivity index (χ1) is 12.5. The van der Waals surface area contributed by atoms with E-state index < -0.39 is 5.91 Å². The normalized spacial score (nSPS) is 10.6. The molecule has 0 unspecified atom stereocenters. The molecule has 1 aromatic heterocycles. The SMILES string of the molecule is COc1ccc(C(=O)Nc2c(C)cnn2Cc2ccccc2F)c(O)c1. The standard InChI is InChI=1S/C19H18FN3O3/c1-12-10-21-23(11-13-5-3-4-6-16(13)20)18(12)22-19(25)15-8-7-14(26-2)9-17(15)24/h3-10,24H,11H2,1-2H3,(H,22,25). The van der Waals surface area contributed by atoms with Crippen LogP contribution < -0.4 is 10.1 Å². The number of hydrogen-bond donors (Lipinski definition) is 2. The van der Waals surface area contributed by atoms with Crippen molar-refractivity contribution in [1.82, 2.24) is 9.78 Å². The molecule has 0 saturated carbocycles. The zero-order valence-corrected chi connectivity index (χ0v) is 14.4. The number of carbonyl (C=O) groups excluding carboxylic acids is 1. The van der Waals surface area contributed by atoms with E-state index >= 15 is 0 Å². The third-order valence-electron chi connectivity index (χ3n) is 3.98. The zero-order valence-electron chi connectivity index (χ0n) is 14.4. The van der Waals surface area contributed by atoms with Gasteiger partial charge in [-0.1, -0.05) is 18.2 Å². The van der Waals surface area contributed by atoms with Gasteiger partial charge in [0.05, 0.1) is 25.4 Å². The van der Waals surface area contributed by atoms with Gasteiger partial charge < -0.3 is 15.2 Å². The highest BCUT2D eigenvalue weighted by Gasteiger charge is 2.17. The van der Waals surface area contributed by atoms with Gasteiger partial charge in [0.25, 0.3) is 5.91 Å². The van der Waals surface area contributed by atoms with E-state index in [-0.39, 0.29) is 23.7 Å². The number of phenolic OH excluding ortho intramolecular Hbond substituents is 1. The Morgan fingerprint density at radius 1 is 1.31 bits per heavy atom. The average molecular weight is 355 g/mol. The molecule has 7 heteroatoms. The van der Waals surface area contributed by atoms with E-state index in [0.29, 0.717) is 17.1 Å². The number of carbonyl (C=O) groups is 1. The molecule has 2 aromatic carbocycles. The predicted octanol–water partition coefficient (Wildman–Crippen LogP) is 3.35. The monoisotopic (exact) mass is 355 g/mol. The Labute approximate surface area is 149 Å². The molecule has 1 amide bonds. The first-order valence-electron chi connectivity index (χ1n) is 7.93. The minimum Gasteiger partial charge on any atom is -0.507 e. The molecule has 2 N–H and O–H groups in total. The first kappa shape index (κ1) is 17.5. The lowest BCUT2D eigenvalue weighted by Gasteiger charge is -2.12. The highest BCUT2D eigenvalue weighted by atomic mass is 19.1. The van der Waals surface area contributed by atoms with E-state index in [9.17, 15) is 14.3 Å². The van der Waals surface area contributed by atoms with Gasteiger partial charge in [-0.2, -0.15) is 5.10 Å². The number of methoxy groups -OCH3 is 1. The van der Waals surface area contributed by atoms with Crippen LogP contribution in [0.15, 0.2) is 48.7 Å². The van der Waals surface area contributed by atoms with Gasteiger partial charge in [0.1, 0.15) is 23.1 Å². The number of amides is 1. The van der Waals surface area contributed by atoms with Crippen LogP contribution in [-0.2, 0) is 6.54 Å². The molecule has 134 valence electrons. The number of phenols is 1. The summed E-state index contributed by atoms with van der Waals surface area (Å²) in [6.45, 7) is 1.96. The van der Waals surface area contributed by atoms with Crippen molar-refractivity contribution in [3.63, 3.8) is 0 Å². The molecule has 0 fully saturated rings. The van der Waals surface area contributed by atoms with E-state index in [1.165, 1.54) is 30.0 Å². The van der Waals surface area contributed by atoms with Crippen LogP contribution in [0.3, 0.4) is 0 Å². The van der Waals surface area contributed by atoms with E-state index in [0.717, 1.165) is 5.56 Å². The fourth-order valence-corrected chi connectivity index (χ4v) is 2.56. The van der Waals surface area contributed by atoms with E-state index in [1.807, 2.05) is 0 Å². The van der Waals surface area contributed by atoms with E-state index in [2.05, 4.69) is 10.4 Å². The summed E-state index contributed by atoms with van der Waals surface area (Å²) in [5.41, 5.74) is 1.28. The minimum atomic E-state index is -0.497. The number of aromatic hydroxyl groups is 1. The van der Waals surface area contributed by atoms with Crippen LogP contribution in [0.1, 0.15) is 21.5 Å². The van der Waals surface area contributed by atoms with Crippen LogP contribution in [-0.4, -0.2) is 27.9 Å². The van der Waals surface area contributed by atoms with Crippen LogP contribution in [0.2, 0.25) is 0 Å². The lowest BCUT2D eigenvalue weighted by molar-refractivity contribution is 0.102. The molecule has 0 spiro atoms. The molecule has 0 radical (unpaired) electrons. The molecule has 3 aromatic rings. The number of hydrogen-bond acceptors (Lipinski definition) is 4. The quantitative estimate of drug-likeness (QED) is 0.736. The Morgan fingerprint density at radius 3 is 2.77 bits per heavy atom. The fourth-order valence-electron chi connectivity index (χ4n) is 2.56. The van der Waals surface area contributed by atoms with E-state index in [4.69, 9.17) is 4.74 Å². The lowest BCUT2D eigenvalue weighted by atomic mass is 10.1. The summed E-state index contributed by atoms with van der Waals surface area (Å²) in [4.78, 5) is 12.5. The number of halogens is 1. The molecule has 3 rings (SSSR count). The smallest absolute Gasteiger partial charge is 0.260 e. The molecule has 0 aliphatic carbocycles. The van der Waals surface area contributed by atoms with Crippen molar-refractivity contribution < 1.29 is 19.0 Å². The van der Waals surface area contributed by atoms with Gasteiger partial charge in [-0.25, -0.2) is 9.07 Å². The number of ether oxygens (including phenoxy) is 1. The number of nitrogens with zero attached hydrogens (tertiary/aromatic N) is 2. The number of anilines is 1. The van der Waals surface area contributed by atoms with Crippen molar-refractivity contribution >= 4 is 11.7 Å². The van der Waals surface area contributed by atoms with Crippen molar-refractivity contribution in [2.24, 2.45) is 0 Å². The summed E-state index contributed by atoms with van der Waals surface area (Å²) in [6, 6.07) is 10.8. The van der Waals surface area contributed by atoms with Crippen LogP contribution in [0.4, 0.5) is 10.2 Å². The van der Waals surface area contributed by atoms with Crippen LogP contribution in [0.25, 0.3) is 0 Å². The molecular formula is C19H18FN3O3. The topological polar surface area (TPSA) is 76.4 Å². The molecule has 0 saturated heterocycles. The molecule has 0 aliphatic rings. The van der Waals surface area contributed by atoms with Gasteiger partial charge >= 0.3 is 0 Å². The van der Waals surface area contributed by atoms with Gasteiger partial charge in [0.2, 0.25) is 0 Å². The summed E-state index contributed by atoms with van der Waals surface area (Å²) in [5.74, 6) is -0.151. The van der Waals surface area contributed by atoms with Crippen LogP contribution in [0, 0.1) is 12.7 Å². The highest BCUT2D eigenvalue weighted by Crippen LogP contribution is 2.25. The van der Waals surface area contributed by atoms with Crippen molar-refractivity contribution in [1.29, 1.82) is 0 Å². The van der Waals surface area contributed by atoms with Crippen LogP contribution in [0.5, 0.6) is 11.5 Å². The Balaban J connectivity index is 1.85. The summed E-state index contributed by atoms with van der Waals surface area (Å²) in [6.07, 6.45) is 1.59. The van der Waals surface area contributed by atoms with E-state index in [1.54, 1.807) is 37.4 Å². The molecule has 1 heterocycles. The number of rotatable bonds is 5. The second-order valence-corrected chi connectivity index (χ2v) is 5.76. The average Bonchev–Trinajstić information content (AvgIpc) is 2.96. The molecule has 6 nitrogen and oxygen atoms in total. The van der Waals surface area contributed by atoms with Gasteiger partial charge in [0.15, 0.2) is 0 Å². The highest BCUT2D eigenvalue weighted by molar-refractivity contribution is 6.06. The van der Waals surface area contributed by atoms with Crippen molar-refractivity contribution in [2.75, 3.05) is 12.4 Å². The summed E-state index contributed by atoms with van der Waals surface area (Å²) < 4.78 is 20.4. The maximum absolute atomic E-state index is 13.9. The minimum absolute atomic E-state index is 0.101. The fraction of sp³-hybridized carbons (Fsp3) is 0.158. The largest absolute Gasteiger partial charge is 0.507 e. The lowest BCUT2D eigenvalue weighted by Crippen LogP contribution is -2.17. The van der Waals surface area contributed by atoms with Gasteiger partial charge in [-0.05, 0) is 25.1 Å². The van der Waals surface area contributed by atoms with Gasteiger partial charge in [0, 0.05) is 17.2 Å². The predicted molar refractivity (Wildman–Crippen MR) is 95.1 cm³/mol. The molecule has 0 aliphatic heterocycles. The Kier molecular flexibility index (Phi) is 4.88. The second kappa shape index (κ2) is 7.26. The maximum Gasteiger partial charge on any atom is 0.260 e. The summed E-state index contributed by atoms with van der Waals surface area (Å²) >= 11 is 0. The molecule has 26 heavy (non-hydrogen) atoms. The van der Waals surface area contributed by atoms with Crippen molar-refractivity contribution in [3.8, 4) is 11.5 Å². The number of aryl methyl sites for hydroxylation is 1. The second-order valence-electron chi connectivity index (χ2n) is 5.76. The Hall–Kier alpha value is -3.35. The van der Waals surface area contributed by atoms with Crippen molar-refractivity contribution in [2.45, 2.75) is 13.5 Å². The molecule has 0 bridgehead atoms. The Morgan fingerprint density at radius 2 is 2.08 bits per heavy atom. The number of aromatic nitrogens is 2. The number of nitrogens with one attached hydrogen (secondary N) is 1. The maximum atomic E-state index is 13.9. The van der Waals surface area contributed by atoms with Gasteiger partial charge in [-0.3, -0.25) is 4.79 Å².